The predicted molar refractivity (Wildman–Crippen MR) is 203 cm³/mol. The van der Waals surface area contributed by atoms with Crippen LogP contribution in [0, 0.1) is 0 Å². The zero-order valence-corrected chi connectivity index (χ0v) is 31.6. The number of rotatable bonds is 8. The molecule has 0 aliphatic rings. The summed E-state index contributed by atoms with van der Waals surface area (Å²) in [5.74, 6) is 0. The zero-order chi connectivity index (χ0) is 40.4. The van der Waals surface area contributed by atoms with Crippen LogP contribution in [0.2, 0.25) is 0 Å². The molecule has 0 heterocycles. The lowest BCUT2D eigenvalue weighted by molar-refractivity contribution is -0.0585. The molecule has 7 nitrogen and oxygen atoms in total. The van der Waals surface area contributed by atoms with Gasteiger partial charge in [-0.25, -0.2) is 0 Å². The molecule has 6 aromatic carbocycles. The molecule has 17 heteroatoms. The molecule has 0 fully saturated rings. The summed E-state index contributed by atoms with van der Waals surface area (Å²) in [6.07, 6.45) is 0. The number of halogens is 6. The molecule has 6 rings (SSSR count). The van der Waals surface area contributed by atoms with E-state index >= 15 is 0 Å². The van der Waals surface area contributed by atoms with Crippen molar-refractivity contribution >= 4 is 66.3 Å². The predicted octanol–water partition coefficient (Wildman–Crippen LogP) is 7.35. The van der Waals surface area contributed by atoms with Gasteiger partial charge < -0.3 is 9.13 Å². The first-order chi connectivity index (χ1) is 25.8. The molecule has 6 aromatic rings. The molecule has 0 aliphatic heterocycles. The average Bonchev–Trinajstić information content (AvgIpc) is 3.18. The van der Waals surface area contributed by atoms with E-state index in [1.807, 2.05) is 186 Å². The van der Waals surface area contributed by atoms with Gasteiger partial charge in [-0.2, -0.15) is 43.2 Å². The fourth-order valence-electron chi connectivity index (χ4n) is 4.92. The Morgan fingerprint density at radius 3 is 0.600 bits per heavy atom. The highest BCUT2D eigenvalue weighted by Gasteiger charge is 2.57. The SMILES string of the molecule is O=P(c1ccccc1)(c1ccccc1)c1ccccc1.O=P(c1ccccc1)(c1ccccc1)c1ccccc1.O=S(=O)(OS(=O)(=O)C(F)(F)F)C(F)(F)F. The molecule has 0 aromatic heterocycles. The van der Waals surface area contributed by atoms with E-state index in [4.69, 9.17) is 0 Å². The summed E-state index contributed by atoms with van der Waals surface area (Å²) in [6, 6.07) is 58.3. The minimum absolute atomic E-state index is 0.873. The Kier molecular flexibility index (Phi) is 13.9. The fraction of sp³-hybridized carbons (Fsp3) is 0.0526. The molecule has 0 atom stereocenters. The van der Waals surface area contributed by atoms with E-state index in [9.17, 15) is 52.3 Å². The maximum Gasteiger partial charge on any atom is 0.524 e. The highest BCUT2D eigenvalue weighted by molar-refractivity contribution is 8.00. The van der Waals surface area contributed by atoms with Gasteiger partial charge in [0.15, 0.2) is 14.3 Å². The second kappa shape index (κ2) is 17.8. The Morgan fingerprint density at radius 2 is 0.473 bits per heavy atom. The first kappa shape index (κ1) is 43.0. The summed E-state index contributed by atoms with van der Waals surface area (Å²) in [5, 5.41) is 5.24. The molecule has 0 aliphatic carbocycles. The van der Waals surface area contributed by atoms with Gasteiger partial charge in [0.05, 0.1) is 0 Å². The van der Waals surface area contributed by atoms with Gasteiger partial charge in [0.1, 0.15) is 0 Å². The largest absolute Gasteiger partial charge is 0.524 e. The Hall–Kier alpha value is -4.78. The van der Waals surface area contributed by atoms with Crippen molar-refractivity contribution in [3.8, 4) is 0 Å². The van der Waals surface area contributed by atoms with Crippen LogP contribution in [0.1, 0.15) is 0 Å². The second-order valence-corrected chi connectivity index (χ2v) is 19.9. The van der Waals surface area contributed by atoms with Gasteiger partial charge in [-0.05, 0) is 0 Å². The molecular weight excluding hydrogens is 808 g/mol. The van der Waals surface area contributed by atoms with Crippen molar-refractivity contribution in [2.24, 2.45) is 0 Å². The van der Waals surface area contributed by atoms with Crippen LogP contribution in [0.25, 0.3) is 0 Å². The Balaban J connectivity index is 0.000000186. The normalized spacial score (nSPS) is 12.3. The molecule has 0 saturated carbocycles. The van der Waals surface area contributed by atoms with Gasteiger partial charge in [0.2, 0.25) is 0 Å². The number of alkyl halides is 6. The molecule has 0 bridgehead atoms. The topological polar surface area (TPSA) is 112 Å². The maximum atomic E-state index is 13.8. The van der Waals surface area contributed by atoms with Crippen molar-refractivity contribution in [1.82, 2.24) is 0 Å². The average molecular weight is 839 g/mol. The molecule has 0 amide bonds. The zero-order valence-electron chi connectivity index (χ0n) is 28.2. The second-order valence-electron chi connectivity index (χ2n) is 11.1. The highest BCUT2D eigenvalue weighted by atomic mass is 32.3. The summed E-state index contributed by atoms with van der Waals surface area (Å²) in [4.78, 5) is 0. The minimum Gasteiger partial charge on any atom is -0.309 e. The van der Waals surface area contributed by atoms with E-state index in [1.165, 1.54) is 0 Å². The monoisotopic (exact) mass is 838 g/mol. The van der Waals surface area contributed by atoms with Gasteiger partial charge in [-0.15, -0.1) is 3.63 Å². The first-order valence-electron chi connectivity index (χ1n) is 15.7. The molecule has 0 unspecified atom stereocenters. The van der Waals surface area contributed by atoms with Crippen LogP contribution in [0.4, 0.5) is 26.3 Å². The first-order valence-corrected chi connectivity index (χ1v) is 21.9. The third kappa shape index (κ3) is 10.3. The molecule has 55 heavy (non-hydrogen) atoms. The summed E-state index contributed by atoms with van der Waals surface area (Å²) in [5.41, 5.74) is -12.5. The standard InChI is InChI=1S/2C18H15OP.C2F6O5S2/c2*19-20(16-10-4-1-5-11-16,17-12-6-2-7-13-17)18-14-8-3-9-15-18;3-1(4,5)14(9,10)13-15(11,12)2(6,7)8/h2*1-15H;. The summed E-state index contributed by atoms with van der Waals surface area (Å²) >= 11 is 0. The lowest BCUT2D eigenvalue weighted by Gasteiger charge is -2.19. The smallest absolute Gasteiger partial charge is 0.309 e. The van der Waals surface area contributed by atoms with E-state index in [2.05, 4.69) is 0 Å². The molecule has 0 radical (unpaired) electrons. The molecule has 288 valence electrons. The van der Waals surface area contributed by atoms with Crippen molar-refractivity contribution < 1.29 is 55.9 Å². The number of hydrogen-bond donors (Lipinski definition) is 0. The summed E-state index contributed by atoms with van der Waals surface area (Å²) in [6.45, 7) is 0. The van der Waals surface area contributed by atoms with E-state index in [0.29, 0.717) is 0 Å². The van der Waals surface area contributed by atoms with Gasteiger partial charge in [0, 0.05) is 31.8 Å². The van der Waals surface area contributed by atoms with Crippen molar-refractivity contribution in [3.63, 3.8) is 0 Å². The third-order valence-corrected chi connectivity index (χ3v) is 16.2. The Bertz CT molecular complexity index is 2060. The lowest BCUT2D eigenvalue weighted by atomic mass is 10.4. The molecule has 0 spiro atoms. The van der Waals surface area contributed by atoms with E-state index in [-0.39, 0.29) is 0 Å². The van der Waals surface area contributed by atoms with Crippen LogP contribution in [-0.2, 0) is 33.0 Å². The number of benzene rings is 6. The van der Waals surface area contributed by atoms with Crippen LogP contribution >= 0.6 is 14.3 Å². The minimum atomic E-state index is -6.85. The molecule has 0 N–H and O–H groups in total. The third-order valence-electron chi connectivity index (χ3n) is 7.46. The van der Waals surface area contributed by atoms with Crippen molar-refractivity contribution in [3.05, 3.63) is 182 Å². The van der Waals surface area contributed by atoms with E-state index in [0.717, 1.165) is 31.8 Å². The lowest BCUT2D eigenvalue weighted by Crippen LogP contribution is -2.34. The van der Waals surface area contributed by atoms with E-state index < -0.39 is 45.5 Å². The number of hydrogen-bond acceptors (Lipinski definition) is 7. The van der Waals surface area contributed by atoms with Crippen molar-refractivity contribution in [2.75, 3.05) is 0 Å². The van der Waals surface area contributed by atoms with Gasteiger partial charge in [-0.3, -0.25) is 0 Å². The summed E-state index contributed by atoms with van der Waals surface area (Å²) < 4.78 is 138. The van der Waals surface area contributed by atoms with Crippen LogP contribution < -0.4 is 31.8 Å². The van der Waals surface area contributed by atoms with Crippen LogP contribution in [-0.4, -0.2) is 27.9 Å². The Labute approximate surface area is 314 Å². The van der Waals surface area contributed by atoms with Crippen molar-refractivity contribution in [2.45, 2.75) is 11.0 Å². The van der Waals surface area contributed by atoms with Gasteiger partial charge in [0.25, 0.3) is 0 Å². The van der Waals surface area contributed by atoms with E-state index in [1.54, 1.807) is 0 Å². The molecule has 0 saturated heterocycles. The fourth-order valence-corrected chi connectivity index (χ4v) is 11.8. The van der Waals surface area contributed by atoms with Crippen LogP contribution in [0.3, 0.4) is 0 Å². The molecular formula is C38H30F6O7P2S2. The Morgan fingerprint density at radius 1 is 0.327 bits per heavy atom. The maximum absolute atomic E-state index is 13.8. The quantitative estimate of drug-likeness (QED) is 0.0896. The van der Waals surface area contributed by atoms with Gasteiger partial charge in [-0.1, -0.05) is 182 Å². The van der Waals surface area contributed by atoms with Crippen molar-refractivity contribution in [1.29, 1.82) is 0 Å². The van der Waals surface area contributed by atoms with Gasteiger partial charge >= 0.3 is 31.3 Å². The van der Waals surface area contributed by atoms with Crippen LogP contribution in [0.15, 0.2) is 182 Å². The van der Waals surface area contributed by atoms with Crippen LogP contribution in [0.5, 0.6) is 0 Å². The highest BCUT2D eigenvalue weighted by Crippen LogP contribution is 2.43. The summed E-state index contributed by atoms with van der Waals surface area (Å²) in [7, 11) is -19.2.